The normalized spacial score (nSPS) is 10.7. The molecule has 0 radical (unpaired) electrons. The largest absolute Gasteiger partial charge is 0.508 e. The third kappa shape index (κ3) is 1.74. The molecule has 3 rings (SSSR count). The van der Waals surface area contributed by atoms with Crippen LogP contribution >= 0.6 is 11.3 Å². The Morgan fingerprint density at radius 3 is 2.78 bits per heavy atom. The number of aromatic nitrogens is 2. The minimum atomic E-state index is 0.111. The Hall–Kier alpha value is -2.27. The van der Waals surface area contributed by atoms with Crippen LogP contribution in [0.4, 0.5) is 0 Å². The van der Waals surface area contributed by atoms with Gasteiger partial charge < -0.3 is 10.2 Å². The summed E-state index contributed by atoms with van der Waals surface area (Å²) < 4.78 is 0. The van der Waals surface area contributed by atoms with Crippen LogP contribution in [0, 0.1) is 0 Å². The van der Waals surface area contributed by atoms with Gasteiger partial charge in [0, 0.05) is 22.1 Å². The molecule has 0 saturated heterocycles. The lowest BCUT2D eigenvalue weighted by molar-refractivity contribution is 0.462. The van der Waals surface area contributed by atoms with Crippen LogP contribution < -0.4 is 0 Å². The molecule has 3 aromatic rings. The predicted molar refractivity (Wildman–Crippen MR) is 70.7 cm³/mol. The minimum Gasteiger partial charge on any atom is -0.508 e. The van der Waals surface area contributed by atoms with Crippen LogP contribution in [0.2, 0.25) is 0 Å². The lowest BCUT2D eigenvalue weighted by atomic mass is 10.0. The molecule has 2 heterocycles. The number of phenols is 2. The standard InChI is InChI=1S/C13H10N2O2S/c16-9-1-2-12(17)10(5-9)11-6-14-15-13(11)8-3-4-18-7-8/h1-7,16-17H,(H,14,15). The van der Waals surface area contributed by atoms with Gasteiger partial charge in [-0.15, -0.1) is 0 Å². The molecule has 0 aliphatic rings. The van der Waals surface area contributed by atoms with Gasteiger partial charge in [-0.25, -0.2) is 0 Å². The highest BCUT2D eigenvalue weighted by molar-refractivity contribution is 7.08. The summed E-state index contributed by atoms with van der Waals surface area (Å²) >= 11 is 1.59. The van der Waals surface area contributed by atoms with E-state index in [9.17, 15) is 10.2 Å². The van der Waals surface area contributed by atoms with Gasteiger partial charge >= 0.3 is 0 Å². The second-order valence-electron chi connectivity index (χ2n) is 3.87. The maximum Gasteiger partial charge on any atom is 0.123 e. The van der Waals surface area contributed by atoms with Gasteiger partial charge in [-0.1, -0.05) is 0 Å². The van der Waals surface area contributed by atoms with Crippen LogP contribution in [0.5, 0.6) is 11.5 Å². The van der Waals surface area contributed by atoms with Gasteiger partial charge in [0.2, 0.25) is 0 Å². The summed E-state index contributed by atoms with van der Waals surface area (Å²) in [5.74, 6) is 0.228. The van der Waals surface area contributed by atoms with E-state index >= 15 is 0 Å². The minimum absolute atomic E-state index is 0.111. The number of hydrogen-bond acceptors (Lipinski definition) is 4. The molecule has 0 saturated carbocycles. The third-order valence-corrected chi connectivity index (χ3v) is 3.40. The molecular formula is C13H10N2O2S. The average Bonchev–Trinajstić information content (AvgIpc) is 3.00. The van der Waals surface area contributed by atoms with Gasteiger partial charge in [0.25, 0.3) is 0 Å². The highest BCUT2D eigenvalue weighted by atomic mass is 32.1. The summed E-state index contributed by atoms with van der Waals surface area (Å²) in [6.45, 7) is 0. The topological polar surface area (TPSA) is 69.1 Å². The maximum atomic E-state index is 9.88. The predicted octanol–water partition coefficient (Wildman–Crippen LogP) is 3.22. The Bertz CT molecular complexity index is 674. The molecular weight excluding hydrogens is 248 g/mol. The van der Waals surface area contributed by atoms with E-state index < -0.39 is 0 Å². The quantitative estimate of drug-likeness (QED) is 0.618. The third-order valence-electron chi connectivity index (χ3n) is 2.72. The van der Waals surface area contributed by atoms with E-state index in [0.717, 1.165) is 16.8 Å². The fourth-order valence-corrected chi connectivity index (χ4v) is 2.50. The van der Waals surface area contributed by atoms with E-state index in [4.69, 9.17) is 0 Å². The number of aromatic amines is 1. The molecule has 3 N–H and O–H groups in total. The molecule has 0 aliphatic heterocycles. The van der Waals surface area contributed by atoms with Crippen molar-refractivity contribution in [3.63, 3.8) is 0 Å². The number of phenolic OH excluding ortho intramolecular Hbond substituents is 2. The summed E-state index contributed by atoms with van der Waals surface area (Å²) in [5, 5.41) is 30.3. The first kappa shape index (κ1) is 10.9. The Labute approximate surface area is 107 Å². The average molecular weight is 258 g/mol. The second-order valence-corrected chi connectivity index (χ2v) is 4.65. The molecule has 18 heavy (non-hydrogen) atoms. The lowest BCUT2D eigenvalue weighted by Crippen LogP contribution is -1.81. The van der Waals surface area contributed by atoms with Crippen LogP contribution in [0.25, 0.3) is 22.4 Å². The Balaban J connectivity index is 2.19. The molecule has 4 nitrogen and oxygen atoms in total. The fraction of sp³-hybridized carbons (Fsp3) is 0. The van der Waals surface area contributed by atoms with E-state index in [0.29, 0.717) is 5.56 Å². The number of thiophene rings is 1. The van der Waals surface area contributed by atoms with E-state index in [1.165, 1.54) is 18.2 Å². The van der Waals surface area contributed by atoms with Crippen molar-refractivity contribution in [2.45, 2.75) is 0 Å². The van der Waals surface area contributed by atoms with Crippen molar-refractivity contribution in [2.75, 3.05) is 0 Å². The first-order chi connectivity index (χ1) is 8.75. The number of benzene rings is 1. The van der Waals surface area contributed by atoms with E-state index in [-0.39, 0.29) is 11.5 Å². The van der Waals surface area contributed by atoms with Crippen LogP contribution in [0.1, 0.15) is 0 Å². The maximum absolute atomic E-state index is 9.88. The van der Waals surface area contributed by atoms with E-state index in [2.05, 4.69) is 10.2 Å². The molecule has 0 fully saturated rings. The van der Waals surface area contributed by atoms with E-state index in [1.807, 2.05) is 16.8 Å². The molecule has 5 heteroatoms. The number of nitrogens with zero attached hydrogens (tertiary/aromatic N) is 1. The fourth-order valence-electron chi connectivity index (χ4n) is 1.86. The van der Waals surface area contributed by atoms with Crippen LogP contribution in [-0.4, -0.2) is 20.4 Å². The molecule has 0 aliphatic carbocycles. The van der Waals surface area contributed by atoms with Crippen molar-refractivity contribution in [3.8, 4) is 33.9 Å². The Kier molecular flexibility index (Phi) is 2.53. The lowest BCUT2D eigenvalue weighted by Gasteiger charge is -2.05. The monoisotopic (exact) mass is 258 g/mol. The number of aromatic hydroxyl groups is 2. The number of nitrogens with one attached hydrogen (secondary N) is 1. The van der Waals surface area contributed by atoms with Crippen molar-refractivity contribution in [1.82, 2.24) is 10.2 Å². The van der Waals surface area contributed by atoms with E-state index in [1.54, 1.807) is 17.5 Å². The van der Waals surface area contributed by atoms with Crippen molar-refractivity contribution in [3.05, 3.63) is 41.2 Å². The first-order valence-electron chi connectivity index (χ1n) is 5.34. The highest BCUT2D eigenvalue weighted by Crippen LogP contribution is 2.37. The zero-order valence-corrected chi connectivity index (χ0v) is 10.1. The van der Waals surface area contributed by atoms with Gasteiger partial charge in [-0.3, -0.25) is 5.10 Å². The number of hydrogen-bond donors (Lipinski definition) is 3. The van der Waals surface area contributed by atoms with Crippen LogP contribution in [-0.2, 0) is 0 Å². The van der Waals surface area contributed by atoms with Gasteiger partial charge in [0.1, 0.15) is 11.5 Å². The summed E-state index contributed by atoms with van der Waals surface area (Å²) in [5.41, 5.74) is 3.17. The summed E-state index contributed by atoms with van der Waals surface area (Å²) in [6.07, 6.45) is 1.64. The smallest absolute Gasteiger partial charge is 0.123 e. The van der Waals surface area contributed by atoms with Gasteiger partial charge in [-0.05, 0) is 29.6 Å². The van der Waals surface area contributed by atoms with Crippen molar-refractivity contribution < 1.29 is 10.2 Å². The molecule has 0 unspecified atom stereocenters. The van der Waals surface area contributed by atoms with Gasteiger partial charge in [0.15, 0.2) is 0 Å². The second kappa shape index (κ2) is 4.19. The van der Waals surface area contributed by atoms with Crippen molar-refractivity contribution in [1.29, 1.82) is 0 Å². The van der Waals surface area contributed by atoms with Crippen molar-refractivity contribution in [2.24, 2.45) is 0 Å². The summed E-state index contributed by atoms with van der Waals surface area (Å²) in [6, 6.07) is 6.41. The van der Waals surface area contributed by atoms with Gasteiger partial charge in [-0.2, -0.15) is 16.4 Å². The highest BCUT2D eigenvalue weighted by Gasteiger charge is 2.14. The molecule has 0 atom stereocenters. The SMILES string of the molecule is Oc1ccc(O)c(-c2cn[nH]c2-c2ccsc2)c1. The van der Waals surface area contributed by atoms with Crippen LogP contribution in [0.15, 0.2) is 41.2 Å². The Morgan fingerprint density at radius 2 is 2.00 bits per heavy atom. The molecule has 0 amide bonds. The first-order valence-corrected chi connectivity index (χ1v) is 6.28. The molecule has 0 spiro atoms. The Morgan fingerprint density at radius 1 is 1.11 bits per heavy atom. The zero-order valence-electron chi connectivity index (χ0n) is 9.29. The molecule has 90 valence electrons. The number of H-pyrrole nitrogens is 1. The summed E-state index contributed by atoms with van der Waals surface area (Å²) in [7, 11) is 0. The van der Waals surface area contributed by atoms with Gasteiger partial charge in [0.05, 0.1) is 11.9 Å². The van der Waals surface area contributed by atoms with Crippen LogP contribution in [0.3, 0.4) is 0 Å². The molecule has 0 bridgehead atoms. The number of rotatable bonds is 2. The summed E-state index contributed by atoms with van der Waals surface area (Å²) in [4.78, 5) is 0. The van der Waals surface area contributed by atoms with Crippen molar-refractivity contribution >= 4 is 11.3 Å². The molecule has 2 aromatic heterocycles. The molecule has 1 aromatic carbocycles. The zero-order chi connectivity index (χ0) is 12.5.